The second-order valence-corrected chi connectivity index (χ2v) is 12.7. The van der Waals surface area contributed by atoms with Gasteiger partial charge in [-0.1, -0.05) is 63.3 Å². The van der Waals surface area contributed by atoms with Gasteiger partial charge < -0.3 is 14.7 Å². The Hall–Kier alpha value is -1.92. The van der Waals surface area contributed by atoms with Crippen LogP contribution < -0.4 is 4.74 Å². The minimum absolute atomic E-state index is 0.0792. The Labute approximate surface area is 234 Å². The molecule has 39 heavy (non-hydrogen) atoms. The number of aryl methyl sites for hydroxylation is 1. The van der Waals surface area contributed by atoms with Crippen molar-refractivity contribution >= 4 is 13.8 Å². The van der Waals surface area contributed by atoms with Crippen LogP contribution in [0, 0.1) is 5.92 Å². The Morgan fingerprint density at radius 2 is 1.87 bits per heavy atom. The van der Waals surface area contributed by atoms with E-state index in [0.29, 0.717) is 31.2 Å². The van der Waals surface area contributed by atoms with Gasteiger partial charge in [0.25, 0.3) is 0 Å². The van der Waals surface area contributed by atoms with Crippen molar-refractivity contribution in [2.75, 3.05) is 6.61 Å². The zero-order valence-corrected chi connectivity index (χ0v) is 25.1. The van der Waals surface area contributed by atoms with E-state index >= 15 is 0 Å². The summed E-state index contributed by atoms with van der Waals surface area (Å²) in [4.78, 5) is 24.3. The molecule has 0 aliphatic heterocycles. The third-order valence-corrected chi connectivity index (χ3v) is 9.05. The molecule has 0 amide bonds. The predicted molar refractivity (Wildman–Crippen MR) is 154 cm³/mol. The lowest BCUT2D eigenvalue weighted by atomic mass is 9.73. The first-order valence-electron chi connectivity index (χ1n) is 14.6. The Morgan fingerprint density at radius 1 is 1.15 bits per heavy atom. The van der Waals surface area contributed by atoms with E-state index in [0.717, 1.165) is 49.7 Å². The van der Waals surface area contributed by atoms with Gasteiger partial charge in [0.15, 0.2) is 5.60 Å². The van der Waals surface area contributed by atoms with Crippen molar-refractivity contribution in [3.05, 3.63) is 47.1 Å². The summed E-state index contributed by atoms with van der Waals surface area (Å²) >= 11 is 0. The number of hydrogen-bond donors (Lipinski definition) is 2. The number of phosphoric acid groups is 1. The summed E-state index contributed by atoms with van der Waals surface area (Å²) in [5.74, 6) is -0.485. The molecule has 0 radical (unpaired) electrons. The molecule has 8 heteroatoms. The number of phenols is 1. The standard InChI is InChI=1S/C31H47O7P/c1-6-8-9-12-18-36-39(34,35)38-31(16-10-11-17-31)30(33)37-28-21-24(13-7-2)20-27(32)29(28)26-19-23(5)14-15-25(26)22(3)4/h19-21,25-26,32H,3,6-18H2,1-2,4-5H3,(H,34,35)/t25-,26+/m0/s1. The van der Waals surface area contributed by atoms with Crippen LogP contribution in [0.5, 0.6) is 11.5 Å². The molecule has 2 N–H and O–H groups in total. The minimum atomic E-state index is -4.48. The number of unbranched alkanes of at least 4 members (excludes halogenated alkanes) is 3. The molecule has 0 saturated heterocycles. The quantitative estimate of drug-likeness (QED) is 0.0773. The Bertz CT molecular complexity index is 1090. The lowest BCUT2D eigenvalue weighted by Crippen LogP contribution is -2.41. The molecule has 218 valence electrons. The molecule has 1 aromatic carbocycles. The van der Waals surface area contributed by atoms with E-state index in [-0.39, 0.29) is 42.8 Å². The van der Waals surface area contributed by atoms with Crippen LogP contribution >= 0.6 is 7.82 Å². The number of carbonyl (C=O) groups is 1. The first-order valence-corrected chi connectivity index (χ1v) is 16.1. The number of benzene rings is 1. The summed E-state index contributed by atoms with van der Waals surface area (Å²) in [6.45, 7) is 12.5. The SMILES string of the molecule is C=C(C)[C@@H]1CCC(C)=C[C@H]1c1c(O)cc(CCC)cc1OC(=O)C1(OP(=O)(O)OCCCCCC)CCCC1. The lowest BCUT2D eigenvalue weighted by Gasteiger charge is -2.33. The third kappa shape index (κ3) is 8.29. The first-order chi connectivity index (χ1) is 18.5. The van der Waals surface area contributed by atoms with E-state index in [1.165, 1.54) is 5.57 Å². The molecule has 0 bridgehead atoms. The highest BCUT2D eigenvalue weighted by atomic mass is 31.2. The highest BCUT2D eigenvalue weighted by Crippen LogP contribution is 2.53. The van der Waals surface area contributed by atoms with E-state index in [1.54, 1.807) is 6.07 Å². The smallest absolute Gasteiger partial charge is 0.473 e. The van der Waals surface area contributed by atoms with Crippen LogP contribution in [0.2, 0.25) is 0 Å². The molecule has 3 rings (SSSR count). The van der Waals surface area contributed by atoms with Crippen molar-refractivity contribution in [2.45, 2.75) is 116 Å². The van der Waals surface area contributed by atoms with Gasteiger partial charge in [-0.3, -0.25) is 9.05 Å². The maximum absolute atomic E-state index is 13.8. The summed E-state index contributed by atoms with van der Waals surface area (Å²) < 4.78 is 29.8. The van der Waals surface area contributed by atoms with E-state index in [4.69, 9.17) is 13.8 Å². The fourth-order valence-corrected chi connectivity index (χ4v) is 6.96. The van der Waals surface area contributed by atoms with Crippen molar-refractivity contribution < 1.29 is 33.1 Å². The number of rotatable bonds is 14. The van der Waals surface area contributed by atoms with E-state index in [9.17, 15) is 19.4 Å². The van der Waals surface area contributed by atoms with Crippen LogP contribution in [-0.2, 0) is 24.8 Å². The number of phenolic OH excluding ortho intramolecular Hbond substituents is 1. The van der Waals surface area contributed by atoms with Gasteiger partial charge >= 0.3 is 13.8 Å². The number of esters is 1. The molecule has 1 fully saturated rings. The average molecular weight is 563 g/mol. The van der Waals surface area contributed by atoms with Crippen LogP contribution in [0.3, 0.4) is 0 Å². The van der Waals surface area contributed by atoms with Crippen molar-refractivity contribution in [2.24, 2.45) is 5.92 Å². The second-order valence-electron chi connectivity index (χ2n) is 11.4. The van der Waals surface area contributed by atoms with Gasteiger partial charge in [-0.05, 0) is 88.8 Å². The summed E-state index contributed by atoms with van der Waals surface area (Å²) in [5, 5.41) is 11.2. The molecular formula is C31H47O7P. The van der Waals surface area contributed by atoms with Crippen molar-refractivity contribution in [3.8, 4) is 11.5 Å². The maximum Gasteiger partial charge on any atom is 0.473 e. The van der Waals surface area contributed by atoms with Crippen LogP contribution in [0.15, 0.2) is 35.9 Å². The van der Waals surface area contributed by atoms with Crippen molar-refractivity contribution in [3.63, 3.8) is 0 Å². The van der Waals surface area contributed by atoms with Gasteiger partial charge in [-0.25, -0.2) is 9.36 Å². The molecule has 1 aromatic rings. The van der Waals surface area contributed by atoms with Crippen molar-refractivity contribution in [1.29, 1.82) is 0 Å². The van der Waals surface area contributed by atoms with Crippen LogP contribution in [0.25, 0.3) is 0 Å². The monoisotopic (exact) mass is 562 g/mol. The van der Waals surface area contributed by atoms with E-state index in [2.05, 4.69) is 26.5 Å². The Balaban J connectivity index is 1.93. The largest absolute Gasteiger partial charge is 0.507 e. The molecule has 1 saturated carbocycles. The fraction of sp³-hybridized carbons (Fsp3) is 0.645. The molecule has 3 atom stereocenters. The van der Waals surface area contributed by atoms with Gasteiger partial charge in [-0.2, -0.15) is 0 Å². The van der Waals surface area contributed by atoms with Gasteiger partial charge in [0, 0.05) is 11.5 Å². The van der Waals surface area contributed by atoms with Crippen LogP contribution in [0.1, 0.15) is 115 Å². The minimum Gasteiger partial charge on any atom is -0.507 e. The highest BCUT2D eigenvalue weighted by Gasteiger charge is 2.50. The first kappa shape index (κ1) is 31.6. The third-order valence-electron chi connectivity index (χ3n) is 7.96. The lowest BCUT2D eigenvalue weighted by molar-refractivity contribution is -0.153. The molecule has 2 aliphatic rings. The van der Waals surface area contributed by atoms with Gasteiger partial charge in [0.2, 0.25) is 0 Å². The fourth-order valence-electron chi connectivity index (χ4n) is 5.85. The number of allylic oxidation sites excluding steroid dienone is 3. The van der Waals surface area contributed by atoms with Crippen LogP contribution in [0.4, 0.5) is 0 Å². The number of hydrogen-bond acceptors (Lipinski definition) is 6. The average Bonchev–Trinajstić information content (AvgIpc) is 3.32. The Morgan fingerprint density at radius 3 is 2.51 bits per heavy atom. The maximum atomic E-state index is 13.8. The molecule has 1 unspecified atom stereocenters. The molecule has 0 spiro atoms. The molecular weight excluding hydrogens is 515 g/mol. The molecule has 7 nitrogen and oxygen atoms in total. The van der Waals surface area contributed by atoms with Gasteiger partial charge in [0.1, 0.15) is 11.5 Å². The number of ether oxygens (including phenoxy) is 1. The van der Waals surface area contributed by atoms with Crippen LogP contribution in [-0.4, -0.2) is 28.2 Å². The molecule has 0 aromatic heterocycles. The molecule has 0 heterocycles. The van der Waals surface area contributed by atoms with E-state index in [1.807, 2.05) is 19.9 Å². The number of aromatic hydroxyl groups is 1. The normalized spacial score (nSPS) is 22.2. The number of carbonyl (C=O) groups excluding carboxylic acids is 1. The second kappa shape index (κ2) is 14.1. The van der Waals surface area contributed by atoms with Gasteiger partial charge in [-0.15, -0.1) is 0 Å². The van der Waals surface area contributed by atoms with E-state index < -0.39 is 19.4 Å². The Kier molecular flexibility index (Phi) is 11.4. The van der Waals surface area contributed by atoms with Gasteiger partial charge in [0.05, 0.1) is 6.61 Å². The zero-order chi connectivity index (χ0) is 28.6. The van der Waals surface area contributed by atoms with Crippen molar-refractivity contribution in [1.82, 2.24) is 0 Å². The zero-order valence-electron chi connectivity index (χ0n) is 24.2. The summed E-state index contributed by atoms with van der Waals surface area (Å²) in [6, 6.07) is 3.56. The summed E-state index contributed by atoms with van der Waals surface area (Å²) in [5.41, 5.74) is 2.04. The summed E-state index contributed by atoms with van der Waals surface area (Å²) in [7, 11) is -4.48. The summed E-state index contributed by atoms with van der Waals surface area (Å²) in [6.07, 6.45) is 11.0. The molecule has 2 aliphatic carbocycles. The predicted octanol–water partition coefficient (Wildman–Crippen LogP) is 8.29. The topological polar surface area (TPSA) is 102 Å². The number of phosphoric ester groups is 1. The highest BCUT2D eigenvalue weighted by molar-refractivity contribution is 7.47.